The van der Waals surface area contributed by atoms with Crippen molar-refractivity contribution in [2.45, 2.75) is 12.6 Å². The molecule has 21 heavy (non-hydrogen) atoms. The molecule has 1 aliphatic heterocycles. The Bertz CT molecular complexity index is 497. The molecule has 0 bridgehead atoms. The van der Waals surface area contributed by atoms with E-state index in [4.69, 9.17) is 32.7 Å². The third-order valence-electron chi connectivity index (χ3n) is 3.22. The monoisotopic (exact) mass is 332 g/mol. The number of methoxy groups -OCH3 is 1. The summed E-state index contributed by atoms with van der Waals surface area (Å²) >= 11 is 11.9. The summed E-state index contributed by atoms with van der Waals surface area (Å²) in [5.41, 5.74) is 0.830. The highest BCUT2D eigenvalue weighted by atomic mass is 35.5. The molecule has 1 aromatic carbocycles. The zero-order chi connectivity index (χ0) is 15.2. The molecule has 0 radical (unpaired) electrons. The van der Waals surface area contributed by atoms with Gasteiger partial charge in [-0.25, -0.2) is 4.79 Å². The van der Waals surface area contributed by atoms with Crippen LogP contribution in [0.15, 0.2) is 18.2 Å². The number of benzene rings is 1. The lowest BCUT2D eigenvalue weighted by Gasteiger charge is -2.32. The molecule has 1 saturated heterocycles. The molecule has 1 N–H and O–H groups in total. The molecular weight excluding hydrogens is 315 g/mol. The Kier molecular flexibility index (Phi) is 6.11. The van der Waals surface area contributed by atoms with Gasteiger partial charge in [0.25, 0.3) is 0 Å². The fraction of sp³-hybridized carbons (Fsp3) is 0.500. The molecule has 116 valence electrons. The SMILES string of the molecule is COCC1CN(C(=O)NCc2ccc(Cl)cc2Cl)CCO1. The minimum Gasteiger partial charge on any atom is -0.382 e. The van der Waals surface area contributed by atoms with Gasteiger partial charge in [-0.05, 0) is 17.7 Å². The summed E-state index contributed by atoms with van der Waals surface area (Å²) in [5.74, 6) is 0. The molecule has 0 aromatic heterocycles. The third kappa shape index (κ3) is 4.74. The highest BCUT2D eigenvalue weighted by molar-refractivity contribution is 6.35. The first kappa shape index (κ1) is 16.4. The van der Waals surface area contributed by atoms with Gasteiger partial charge in [-0.1, -0.05) is 29.3 Å². The summed E-state index contributed by atoms with van der Waals surface area (Å²) in [6.45, 7) is 2.45. The van der Waals surface area contributed by atoms with Gasteiger partial charge in [0, 0.05) is 30.2 Å². The fourth-order valence-corrected chi connectivity index (χ4v) is 2.61. The third-order valence-corrected chi connectivity index (χ3v) is 3.81. The second-order valence-corrected chi connectivity index (χ2v) is 5.63. The molecule has 1 atom stereocenters. The van der Waals surface area contributed by atoms with Crippen LogP contribution in [0.5, 0.6) is 0 Å². The van der Waals surface area contributed by atoms with E-state index in [0.717, 1.165) is 5.56 Å². The summed E-state index contributed by atoms with van der Waals surface area (Å²) < 4.78 is 10.6. The number of carbonyl (C=O) groups excluding carboxylic acids is 1. The van der Waals surface area contributed by atoms with Crippen LogP contribution in [-0.4, -0.2) is 50.4 Å². The van der Waals surface area contributed by atoms with Crippen LogP contribution in [0.4, 0.5) is 4.79 Å². The molecule has 1 aliphatic rings. The summed E-state index contributed by atoms with van der Waals surface area (Å²) in [6.07, 6.45) is -0.0754. The van der Waals surface area contributed by atoms with E-state index in [1.807, 2.05) is 0 Å². The number of carbonyl (C=O) groups is 1. The van der Waals surface area contributed by atoms with Crippen LogP contribution in [0.25, 0.3) is 0 Å². The molecule has 2 amide bonds. The molecule has 0 saturated carbocycles. The number of halogens is 2. The first-order valence-corrected chi connectivity index (χ1v) is 7.43. The van der Waals surface area contributed by atoms with Crippen molar-refractivity contribution >= 4 is 29.2 Å². The quantitative estimate of drug-likeness (QED) is 0.921. The van der Waals surface area contributed by atoms with Crippen LogP contribution in [0.1, 0.15) is 5.56 Å². The van der Waals surface area contributed by atoms with Crippen molar-refractivity contribution in [1.29, 1.82) is 0 Å². The van der Waals surface area contributed by atoms with Crippen LogP contribution in [0.3, 0.4) is 0 Å². The van der Waals surface area contributed by atoms with E-state index >= 15 is 0 Å². The van der Waals surface area contributed by atoms with Gasteiger partial charge < -0.3 is 19.7 Å². The first-order valence-electron chi connectivity index (χ1n) is 6.67. The second kappa shape index (κ2) is 7.84. The van der Waals surface area contributed by atoms with Crippen molar-refractivity contribution in [3.05, 3.63) is 33.8 Å². The summed E-state index contributed by atoms with van der Waals surface area (Å²) in [5, 5.41) is 3.97. The maximum atomic E-state index is 12.1. The Morgan fingerprint density at radius 1 is 1.52 bits per heavy atom. The molecule has 1 fully saturated rings. The summed E-state index contributed by atoms with van der Waals surface area (Å²) in [4.78, 5) is 13.9. The molecule has 7 heteroatoms. The van der Waals surface area contributed by atoms with E-state index in [1.165, 1.54) is 0 Å². The Hall–Kier alpha value is -1.01. The van der Waals surface area contributed by atoms with E-state index < -0.39 is 0 Å². The van der Waals surface area contributed by atoms with Crippen molar-refractivity contribution in [3.8, 4) is 0 Å². The van der Waals surface area contributed by atoms with Gasteiger partial charge in [0.15, 0.2) is 0 Å². The molecule has 2 rings (SSSR count). The van der Waals surface area contributed by atoms with E-state index in [0.29, 0.717) is 42.9 Å². The summed E-state index contributed by atoms with van der Waals surface area (Å²) in [7, 11) is 1.62. The number of ether oxygens (including phenoxy) is 2. The van der Waals surface area contributed by atoms with Crippen molar-refractivity contribution in [2.75, 3.05) is 33.4 Å². The number of amides is 2. The van der Waals surface area contributed by atoms with Crippen molar-refractivity contribution in [2.24, 2.45) is 0 Å². The van der Waals surface area contributed by atoms with Gasteiger partial charge >= 0.3 is 6.03 Å². The van der Waals surface area contributed by atoms with Crippen LogP contribution in [-0.2, 0) is 16.0 Å². The van der Waals surface area contributed by atoms with E-state index in [2.05, 4.69) is 5.32 Å². The highest BCUT2D eigenvalue weighted by Crippen LogP contribution is 2.20. The number of nitrogens with zero attached hydrogens (tertiary/aromatic N) is 1. The average molecular weight is 333 g/mol. The largest absolute Gasteiger partial charge is 0.382 e. The van der Waals surface area contributed by atoms with E-state index in [-0.39, 0.29) is 12.1 Å². The van der Waals surface area contributed by atoms with Crippen LogP contribution in [0, 0.1) is 0 Å². The molecule has 1 heterocycles. The first-order chi connectivity index (χ1) is 10.1. The van der Waals surface area contributed by atoms with E-state index in [1.54, 1.807) is 30.2 Å². The standard InChI is InChI=1S/C14H18Cl2N2O3/c1-20-9-12-8-18(4-5-21-12)14(19)17-7-10-2-3-11(15)6-13(10)16/h2-3,6,12H,4-5,7-9H2,1H3,(H,17,19). The second-order valence-electron chi connectivity index (χ2n) is 4.79. The lowest BCUT2D eigenvalue weighted by atomic mass is 10.2. The zero-order valence-electron chi connectivity index (χ0n) is 11.8. The Morgan fingerprint density at radius 2 is 2.33 bits per heavy atom. The minimum absolute atomic E-state index is 0.0754. The topological polar surface area (TPSA) is 50.8 Å². The Balaban J connectivity index is 1.86. The smallest absolute Gasteiger partial charge is 0.317 e. The highest BCUT2D eigenvalue weighted by Gasteiger charge is 2.23. The fourth-order valence-electron chi connectivity index (χ4n) is 2.14. The number of urea groups is 1. The van der Waals surface area contributed by atoms with Gasteiger partial charge in [-0.3, -0.25) is 0 Å². The number of nitrogens with one attached hydrogen (secondary N) is 1. The van der Waals surface area contributed by atoms with Crippen LogP contribution < -0.4 is 5.32 Å². The van der Waals surface area contributed by atoms with Crippen molar-refractivity contribution < 1.29 is 14.3 Å². The van der Waals surface area contributed by atoms with Gasteiger partial charge in [-0.15, -0.1) is 0 Å². The van der Waals surface area contributed by atoms with Gasteiger partial charge in [0.1, 0.15) is 0 Å². The lowest BCUT2D eigenvalue weighted by molar-refractivity contribution is -0.0494. The molecule has 0 spiro atoms. The lowest BCUT2D eigenvalue weighted by Crippen LogP contribution is -2.50. The molecule has 0 aliphatic carbocycles. The zero-order valence-corrected chi connectivity index (χ0v) is 13.3. The van der Waals surface area contributed by atoms with Crippen LogP contribution >= 0.6 is 23.2 Å². The number of hydrogen-bond acceptors (Lipinski definition) is 3. The molecular formula is C14H18Cl2N2O3. The normalized spacial score (nSPS) is 18.6. The van der Waals surface area contributed by atoms with Crippen molar-refractivity contribution in [3.63, 3.8) is 0 Å². The van der Waals surface area contributed by atoms with Gasteiger partial charge in [-0.2, -0.15) is 0 Å². The maximum Gasteiger partial charge on any atom is 0.317 e. The predicted molar refractivity (Wildman–Crippen MR) is 81.9 cm³/mol. The van der Waals surface area contributed by atoms with Gasteiger partial charge in [0.05, 0.1) is 25.9 Å². The number of morpholine rings is 1. The summed E-state index contributed by atoms with van der Waals surface area (Å²) in [6, 6.07) is 5.08. The number of hydrogen-bond donors (Lipinski definition) is 1. The van der Waals surface area contributed by atoms with Crippen LogP contribution in [0.2, 0.25) is 10.0 Å². The maximum absolute atomic E-state index is 12.1. The molecule has 1 unspecified atom stereocenters. The Labute approximate surface area is 134 Å². The molecule has 1 aromatic rings. The Morgan fingerprint density at radius 3 is 3.05 bits per heavy atom. The van der Waals surface area contributed by atoms with E-state index in [9.17, 15) is 4.79 Å². The van der Waals surface area contributed by atoms with Gasteiger partial charge in [0.2, 0.25) is 0 Å². The minimum atomic E-state index is -0.134. The number of rotatable bonds is 4. The average Bonchev–Trinajstić information content (AvgIpc) is 2.47. The predicted octanol–water partition coefficient (Wildman–Crippen LogP) is 2.55. The van der Waals surface area contributed by atoms with Crippen molar-refractivity contribution in [1.82, 2.24) is 10.2 Å². The molecule has 5 nitrogen and oxygen atoms in total.